The van der Waals surface area contributed by atoms with Gasteiger partial charge in [0.2, 0.25) is 0 Å². The van der Waals surface area contributed by atoms with Crippen LogP contribution in [0.5, 0.6) is 0 Å². The Hall–Kier alpha value is -1.55. The van der Waals surface area contributed by atoms with Gasteiger partial charge in [-0.2, -0.15) is 0 Å². The summed E-state index contributed by atoms with van der Waals surface area (Å²) in [6.07, 6.45) is 0.742. The molecule has 0 aliphatic heterocycles. The van der Waals surface area contributed by atoms with E-state index in [0.29, 0.717) is 11.6 Å². The molecule has 0 aliphatic carbocycles. The van der Waals surface area contributed by atoms with E-state index in [1.54, 1.807) is 0 Å². The zero-order valence-corrected chi connectivity index (χ0v) is 12.0. The van der Waals surface area contributed by atoms with Crippen molar-refractivity contribution in [3.8, 4) is 0 Å². The van der Waals surface area contributed by atoms with E-state index in [9.17, 15) is 5.11 Å². The SMILES string of the molecule is NCc1ccc(NC(CO)Cc2ccccc2)c(Cl)c1. The third-order valence-electron chi connectivity index (χ3n) is 3.17. The maximum Gasteiger partial charge on any atom is 0.0640 e. The number of anilines is 1. The predicted molar refractivity (Wildman–Crippen MR) is 84.0 cm³/mol. The number of hydrogen-bond donors (Lipinski definition) is 3. The van der Waals surface area contributed by atoms with Gasteiger partial charge in [0.1, 0.15) is 0 Å². The largest absolute Gasteiger partial charge is 0.394 e. The lowest BCUT2D eigenvalue weighted by molar-refractivity contribution is 0.273. The standard InChI is InChI=1S/C16H19ClN2O/c17-15-9-13(10-18)6-7-16(15)19-14(11-20)8-12-4-2-1-3-5-12/h1-7,9,14,19-20H,8,10-11,18H2. The van der Waals surface area contributed by atoms with E-state index >= 15 is 0 Å². The average molecular weight is 291 g/mol. The fourth-order valence-electron chi connectivity index (χ4n) is 2.08. The molecule has 0 spiro atoms. The molecule has 3 nitrogen and oxygen atoms in total. The van der Waals surface area contributed by atoms with Crippen molar-refractivity contribution in [3.05, 3.63) is 64.7 Å². The van der Waals surface area contributed by atoms with E-state index in [-0.39, 0.29) is 12.6 Å². The zero-order chi connectivity index (χ0) is 14.4. The van der Waals surface area contributed by atoms with E-state index in [1.807, 2.05) is 48.5 Å². The molecule has 2 rings (SSSR count). The van der Waals surface area contributed by atoms with Crippen LogP contribution in [0.2, 0.25) is 5.02 Å². The van der Waals surface area contributed by atoms with Crippen LogP contribution in [0, 0.1) is 0 Å². The number of benzene rings is 2. The Morgan fingerprint density at radius 3 is 2.45 bits per heavy atom. The van der Waals surface area contributed by atoms with Gasteiger partial charge in [0.25, 0.3) is 0 Å². The number of rotatable bonds is 6. The molecule has 0 aromatic heterocycles. The molecule has 0 heterocycles. The number of halogens is 1. The van der Waals surface area contributed by atoms with E-state index in [0.717, 1.165) is 17.7 Å². The van der Waals surface area contributed by atoms with E-state index < -0.39 is 0 Å². The number of nitrogens with one attached hydrogen (secondary N) is 1. The van der Waals surface area contributed by atoms with Crippen LogP contribution in [0.15, 0.2) is 48.5 Å². The van der Waals surface area contributed by atoms with Crippen molar-refractivity contribution in [2.24, 2.45) is 5.73 Å². The molecule has 4 heteroatoms. The first-order valence-corrected chi connectivity index (χ1v) is 7.00. The second-order valence-electron chi connectivity index (χ2n) is 4.73. The lowest BCUT2D eigenvalue weighted by Gasteiger charge is -2.19. The van der Waals surface area contributed by atoms with E-state index in [2.05, 4.69) is 5.32 Å². The molecule has 0 saturated heterocycles. The highest BCUT2D eigenvalue weighted by Crippen LogP contribution is 2.24. The van der Waals surface area contributed by atoms with Crippen LogP contribution in [-0.4, -0.2) is 17.8 Å². The smallest absolute Gasteiger partial charge is 0.0640 e. The van der Waals surface area contributed by atoms with Gasteiger partial charge in [0, 0.05) is 6.54 Å². The van der Waals surface area contributed by atoms with E-state index in [1.165, 1.54) is 5.56 Å². The summed E-state index contributed by atoms with van der Waals surface area (Å²) in [5, 5.41) is 13.4. The molecule has 0 bridgehead atoms. The van der Waals surface area contributed by atoms with Gasteiger partial charge in [-0.05, 0) is 29.7 Å². The number of nitrogens with two attached hydrogens (primary N) is 1. The van der Waals surface area contributed by atoms with Crippen LogP contribution < -0.4 is 11.1 Å². The van der Waals surface area contributed by atoms with Gasteiger partial charge in [-0.3, -0.25) is 0 Å². The Morgan fingerprint density at radius 1 is 1.10 bits per heavy atom. The van der Waals surface area contributed by atoms with Crippen molar-refractivity contribution in [3.63, 3.8) is 0 Å². The molecule has 2 aromatic rings. The topological polar surface area (TPSA) is 58.3 Å². The summed E-state index contributed by atoms with van der Waals surface area (Å²) in [5.41, 5.74) is 8.56. The Labute approximate surface area is 124 Å². The lowest BCUT2D eigenvalue weighted by Crippen LogP contribution is -2.26. The van der Waals surface area contributed by atoms with Gasteiger partial charge in [-0.25, -0.2) is 0 Å². The highest BCUT2D eigenvalue weighted by atomic mass is 35.5. The van der Waals surface area contributed by atoms with E-state index in [4.69, 9.17) is 17.3 Å². The first-order chi connectivity index (χ1) is 9.72. The number of aliphatic hydroxyl groups excluding tert-OH is 1. The molecule has 4 N–H and O–H groups in total. The Kier molecular flexibility index (Phi) is 5.41. The molecular formula is C16H19ClN2O. The van der Waals surface area contributed by atoms with Crippen molar-refractivity contribution in [1.29, 1.82) is 0 Å². The summed E-state index contributed by atoms with van der Waals surface area (Å²) >= 11 is 6.21. The molecule has 106 valence electrons. The van der Waals surface area contributed by atoms with Crippen molar-refractivity contribution in [1.82, 2.24) is 0 Å². The second kappa shape index (κ2) is 7.29. The molecule has 0 saturated carbocycles. The van der Waals surface area contributed by atoms with Gasteiger partial charge in [0.15, 0.2) is 0 Å². The first kappa shape index (κ1) is 14.9. The lowest BCUT2D eigenvalue weighted by atomic mass is 10.1. The minimum atomic E-state index is -0.0707. The maximum absolute atomic E-state index is 9.51. The summed E-state index contributed by atoms with van der Waals surface area (Å²) in [5.74, 6) is 0. The van der Waals surface area contributed by atoms with Crippen LogP contribution in [-0.2, 0) is 13.0 Å². The van der Waals surface area contributed by atoms with Gasteiger partial charge >= 0.3 is 0 Å². The fraction of sp³-hybridized carbons (Fsp3) is 0.250. The predicted octanol–water partition coefficient (Wildman–Crippen LogP) is 2.81. The van der Waals surface area contributed by atoms with Gasteiger partial charge in [-0.1, -0.05) is 48.0 Å². The summed E-state index contributed by atoms with van der Waals surface area (Å²) in [4.78, 5) is 0. The Balaban J connectivity index is 2.06. The fourth-order valence-corrected chi connectivity index (χ4v) is 2.34. The van der Waals surface area contributed by atoms with Crippen LogP contribution in [0.4, 0.5) is 5.69 Å². The summed E-state index contributed by atoms with van der Waals surface area (Å²) in [6, 6.07) is 15.7. The van der Waals surface area contributed by atoms with Gasteiger partial charge in [0.05, 0.1) is 23.4 Å². The average Bonchev–Trinajstić information content (AvgIpc) is 2.49. The molecule has 0 radical (unpaired) electrons. The first-order valence-electron chi connectivity index (χ1n) is 6.62. The Morgan fingerprint density at radius 2 is 1.85 bits per heavy atom. The van der Waals surface area contributed by atoms with Crippen LogP contribution >= 0.6 is 11.6 Å². The molecule has 2 aromatic carbocycles. The maximum atomic E-state index is 9.51. The van der Waals surface area contributed by atoms with Crippen LogP contribution in [0.1, 0.15) is 11.1 Å². The third kappa shape index (κ3) is 3.97. The summed E-state index contributed by atoms with van der Waals surface area (Å²) in [6.45, 7) is 0.511. The normalized spacial score (nSPS) is 12.2. The summed E-state index contributed by atoms with van der Waals surface area (Å²) in [7, 11) is 0. The molecule has 0 fully saturated rings. The van der Waals surface area contributed by atoms with Crippen LogP contribution in [0.3, 0.4) is 0 Å². The highest BCUT2D eigenvalue weighted by Gasteiger charge is 2.10. The van der Waals surface area contributed by atoms with Gasteiger partial charge < -0.3 is 16.2 Å². The highest BCUT2D eigenvalue weighted by molar-refractivity contribution is 6.33. The van der Waals surface area contributed by atoms with Gasteiger partial charge in [-0.15, -0.1) is 0 Å². The van der Waals surface area contributed by atoms with Crippen molar-refractivity contribution in [2.75, 3.05) is 11.9 Å². The van der Waals surface area contributed by atoms with Crippen molar-refractivity contribution >= 4 is 17.3 Å². The molecule has 0 aliphatic rings. The summed E-state index contributed by atoms with van der Waals surface area (Å²) < 4.78 is 0. The molecule has 1 unspecified atom stereocenters. The third-order valence-corrected chi connectivity index (χ3v) is 3.49. The number of hydrogen-bond acceptors (Lipinski definition) is 3. The monoisotopic (exact) mass is 290 g/mol. The van der Waals surface area contributed by atoms with Crippen molar-refractivity contribution < 1.29 is 5.11 Å². The molecular weight excluding hydrogens is 272 g/mol. The molecule has 1 atom stereocenters. The minimum absolute atomic E-state index is 0.0455. The Bertz CT molecular complexity index is 545. The second-order valence-corrected chi connectivity index (χ2v) is 5.14. The number of aliphatic hydroxyl groups is 1. The minimum Gasteiger partial charge on any atom is -0.394 e. The zero-order valence-electron chi connectivity index (χ0n) is 11.2. The molecule has 20 heavy (non-hydrogen) atoms. The molecule has 0 amide bonds. The van der Waals surface area contributed by atoms with Crippen LogP contribution in [0.25, 0.3) is 0 Å². The van der Waals surface area contributed by atoms with Crippen molar-refractivity contribution in [2.45, 2.75) is 19.0 Å². The quantitative estimate of drug-likeness (QED) is 0.767.